The predicted octanol–water partition coefficient (Wildman–Crippen LogP) is -1.95. The van der Waals surface area contributed by atoms with E-state index in [-0.39, 0.29) is 0 Å². The van der Waals surface area contributed by atoms with Crippen LogP contribution in [0.2, 0.25) is 0 Å². The van der Waals surface area contributed by atoms with Gasteiger partial charge in [0.25, 0.3) is 0 Å². The van der Waals surface area contributed by atoms with Gasteiger partial charge in [-0.2, -0.15) is 0 Å². The van der Waals surface area contributed by atoms with Crippen molar-refractivity contribution in [3.05, 3.63) is 0 Å². The Morgan fingerprint density at radius 1 is 1.70 bits per heavy atom. The quantitative estimate of drug-likeness (QED) is 0.419. The molecule has 0 spiro atoms. The Balaban J connectivity index is 2.54. The third-order valence-electron chi connectivity index (χ3n) is 1.81. The SMILES string of the molecule is BN1C[C@H](O)C[C@H]1C(=O)O. The number of carboxylic acid groups (broad SMARTS) is 1. The van der Waals surface area contributed by atoms with Crippen molar-refractivity contribution in [1.29, 1.82) is 0 Å². The normalized spacial score (nSPS) is 34.5. The van der Waals surface area contributed by atoms with Gasteiger partial charge in [0.15, 0.2) is 7.98 Å². The van der Waals surface area contributed by atoms with E-state index < -0.39 is 18.1 Å². The molecule has 0 bridgehead atoms. The molecule has 0 aromatic heterocycles. The summed E-state index contributed by atoms with van der Waals surface area (Å²) in [5, 5.41) is 17.6. The summed E-state index contributed by atoms with van der Waals surface area (Å²) < 4.78 is 0. The van der Waals surface area contributed by atoms with Crippen molar-refractivity contribution in [2.75, 3.05) is 6.54 Å². The summed E-state index contributed by atoms with van der Waals surface area (Å²) >= 11 is 0. The number of carboxylic acids is 1. The van der Waals surface area contributed by atoms with Crippen LogP contribution in [0.25, 0.3) is 0 Å². The number of nitrogens with zero attached hydrogens (tertiary/aromatic N) is 1. The van der Waals surface area contributed by atoms with Crippen molar-refractivity contribution < 1.29 is 15.0 Å². The summed E-state index contributed by atoms with van der Waals surface area (Å²) in [5.74, 6) is -0.848. The lowest BCUT2D eigenvalue weighted by atomic mass is 10.2. The Bertz CT molecular complexity index is 152. The minimum atomic E-state index is -0.848. The summed E-state index contributed by atoms with van der Waals surface area (Å²) in [4.78, 5) is 12.1. The summed E-state index contributed by atoms with van der Waals surface area (Å²) in [5.41, 5.74) is 0. The standard InChI is InChI=1S/C5H10BNO3/c6-7-2-3(8)1-4(7)5(9)10/h3-4,8H,1-2,6H2,(H,9,10)/t3-,4+/m1/s1. The summed E-state index contributed by atoms with van der Waals surface area (Å²) in [6.07, 6.45) is -0.114. The molecular weight excluding hydrogens is 133 g/mol. The van der Waals surface area contributed by atoms with E-state index in [1.807, 2.05) is 0 Å². The van der Waals surface area contributed by atoms with E-state index in [4.69, 9.17) is 10.2 Å². The molecule has 56 valence electrons. The van der Waals surface area contributed by atoms with Crippen molar-refractivity contribution in [3.8, 4) is 0 Å². The highest BCUT2D eigenvalue weighted by Crippen LogP contribution is 2.14. The number of hydrogen-bond donors (Lipinski definition) is 2. The highest BCUT2D eigenvalue weighted by molar-refractivity contribution is 6.06. The molecule has 0 aliphatic carbocycles. The molecule has 2 N–H and O–H groups in total. The van der Waals surface area contributed by atoms with Gasteiger partial charge in [-0.15, -0.1) is 0 Å². The van der Waals surface area contributed by atoms with E-state index in [0.717, 1.165) is 0 Å². The average Bonchev–Trinajstić information content (AvgIpc) is 2.10. The van der Waals surface area contributed by atoms with Crippen LogP contribution in [0.15, 0.2) is 0 Å². The zero-order valence-corrected chi connectivity index (χ0v) is 5.82. The lowest BCUT2D eigenvalue weighted by molar-refractivity contribution is -0.140. The van der Waals surface area contributed by atoms with Crippen LogP contribution in [0.5, 0.6) is 0 Å². The molecule has 0 radical (unpaired) electrons. The fourth-order valence-electron chi connectivity index (χ4n) is 1.26. The van der Waals surface area contributed by atoms with Crippen LogP contribution in [-0.2, 0) is 4.79 Å². The first-order chi connectivity index (χ1) is 4.61. The molecule has 1 fully saturated rings. The van der Waals surface area contributed by atoms with Crippen LogP contribution in [-0.4, -0.2) is 47.7 Å². The molecule has 1 saturated heterocycles. The van der Waals surface area contributed by atoms with Gasteiger partial charge in [0.2, 0.25) is 0 Å². The lowest BCUT2D eigenvalue weighted by Crippen LogP contribution is -2.33. The van der Waals surface area contributed by atoms with E-state index >= 15 is 0 Å². The fraction of sp³-hybridized carbons (Fsp3) is 0.800. The van der Waals surface area contributed by atoms with Crippen LogP contribution in [0.4, 0.5) is 0 Å². The third kappa shape index (κ3) is 1.30. The average molecular weight is 143 g/mol. The first kappa shape index (κ1) is 7.56. The molecule has 0 saturated carbocycles. The highest BCUT2D eigenvalue weighted by atomic mass is 16.4. The van der Waals surface area contributed by atoms with E-state index in [9.17, 15) is 4.79 Å². The summed E-state index contributed by atoms with van der Waals surface area (Å²) in [6, 6.07) is -0.491. The van der Waals surface area contributed by atoms with Crippen molar-refractivity contribution in [2.45, 2.75) is 18.6 Å². The first-order valence-electron chi connectivity index (χ1n) is 3.22. The van der Waals surface area contributed by atoms with Gasteiger partial charge in [0.05, 0.1) is 6.10 Å². The maximum Gasteiger partial charge on any atom is 0.319 e. The second-order valence-corrected chi connectivity index (χ2v) is 2.68. The Kier molecular flexibility index (Phi) is 1.96. The maximum absolute atomic E-state index is 10.4. The molecule has 1 aliphatic rings. The first-order valence-corrected chi connectivity index (χ1v) is 3.22. The number of β-amino-alcohol motifs (C(OH)–C–C–N with tert-alkyl or cyclic N) is 1. The van der Waals surface area contributed by atoms with Crippen LogP contribution >= 0.6 is 0 Å². The Morgan fingerprint density at radius 2 is 2.30 bits per heavy atom. The molecule has 1 rings (SSSR count). The molecular formula is C5H10BNO3. The number of rotatable bonds is 1. The van der Waals surface area contributed by atoms with Crippen molar-refractivity contribution in [1.82, 2.24) is 4.81 Å². The minimum Gasteiger partial charge on any atom is -0.480 e. The predicted molar refractivity (Wildman–Crippen MR) is 37.3 cm³/mol. The lowest BCUT2D eigenvalue weighted by Gasteiger charge is -2.13. The Labute approximate surface area is 59.9 Å². The van der Waals surface area contributed by atoms with Gasteiger partial charge in [-0.05, 0) is 6.42 Å². The fourth-order valence-corrected chi connectivity index (χ4v) is 1.26. The topological polar surface area (TPSA) is 60.8 Å². The van der Waals surface area contributed by atoms with Crippen LogP contribution in [0.3, 0.4) is 0 Å². The molecule has 5 heteroatoms. The van der Waals surface area contributed by atoms with Gasteiger partial charge >= 0.3 is 5.97 Å². The minimum absolute atomic E-state index is 0.353. The van der Waals surface area contributed by atoms with Gasteiger partial charge < -0.3 is 15.0 Å². The van der Waals surface area contributed by atoms with Crippen molar-refractivity contribution in [2.24, 2.45) is 0 Å². The second kappa shape index (κ2) is 2.60. The molecule has 0 aromatic carbocycles. The third-order valence-corrected chi connectivity index (χ3v) is 1.81. The van der Waals surface area contributed by atoms with Crippen LogP contribution in [0, 0.1) is 0 Å². The largest absolute Gasteiger partial charge is 0.480 e. The van der Waals surface area contributed by atoms with E-state index in [1.165, 1.54) is 0 Å². The van der Waals surface area contributed by atoms with Crippen LogP contribution in [0.1, 0.15) is 6.42 Å². The van der Waals surface area contributed by atoms with E-state index in [0.29, 0.717) is 13.0 Å². The number of carbonyl (C=O) groups is 1. The molecule has 4 nitrogen and oxygen atoms in total. The van der Waals surface area contributed by atoms with Gasteiger partial charge in [0, 0.05) is 6.54 Å². The zero-order valence-electron chi connectivity index (χ0n) is 5.82. The monoisotopic (exact) mass is 143 g/mol. The van der Waals surface area contributed by atoms with Gasteiger partial charge in [-0.25, -0.2) is 0 Å². The molecule has 1 aliphatic heterocycles. The molecule has 1 heterocycles. The van der Waals surface area contributed by atoms with E-state index in [2.05, 4.69) is 0 Å². The molecule has 10 heavy (non-hydrogen) atoms. The van der Waals surface area contributed by atoms with Gasteiger partial charge in [0.1, 0.15) is 6.04 Å². The van der Waals surface area contributed by atoms with Crippen molar-refractivity contribution in [3.63, 3.8) is 0 Å². The van der Waals surface area contributed by atoms with Crippen LogP contribution < -0.4 is 0 Å². The van der Waals surface area contributed by atoms with Gasteiger partial charge in [-0.3, -0.25) is 4.79 Å². The Morgan fingerprint density at radius 3 is 2.50 bits per heavy atom. The van der Waals surface area contributed by atoms with Gasteiger partial charge in [-0.1, -0.05) is 0 Å². The number of hydrogen-bond acceptors (Lipinski definition) is 3. The maximum atomic E-state index is 10.4. The molecule has 0 unspecified atom stereocenters. The summed E-state index contributed by atoms with van der Waals surface area (Å²) in [7, 11) is 1.70. The zero-order chi connectivity index (χ0) is 7.72. The molecule has 0 amide bonds. The van der Waals surface area contributed by atoms with Crippen molar-refractivity contribution >= 4 is 14.0 Å². The summed E-state index contributed by atoms with van der Waals surface area (Å²) in [6.45, 7) is 0.469. The highest BCUT2D eigenvalue weighted by Gasteiger charge is 2.32. The second-order valence-electron chi connectivity index (χ2n) is 2.68. The Hall–Kier alpha value is -0.545. The number of aliphatic carboxylic acids is 1. The number of aliphatic hydroxyl groups is 1. The number of aliphatic hydroxyl groups excluding tert-OH is 1. The molecule has 0 aromatic rings. The molecule has 2 atom stereocenters. The van der Waals surface area contributed by atoms with E-state index in [1.54, 1.807) is 12.8 Å². The smallest absolute Gasteiger partial charge is 0.319 e.